The number of aliphatic hydroxyl groups excluding tert-OH is 1. The lowest BCUT2D eigenvalue weighted by Gasteiger charge is -2.33. The average Bonchev–Trinajstić information content (AvgIpc) is 3.06. The Balaban J connectivity index is 1.98. The summed E-state index contributed by atoms with van der Waals surface area (Å²) in [6.07, 6.45) is -0.463. The first-order chi connectivity index (χ1) is 10.8. The maximum atomic E-state index is 12.3. The van der Waals surface area contributed by atoms with Crippen molar-refractivity contribution in [1.29, 1.82) is 0 Å². The van der Waals surface area contributed by atoms with Gasteiger partial charge in [-0.25, -0.2) is 4.98 Å². The van der Waals surface area contributed by atoms with E-state index in [1.165, 1.54) is 0 Å². The molecular formula is C18H24N2O2S. The van der Waals surface area contributed by atoms with Crippen molar-refractivity contribution < 1.29 is 9.90 Å². The first kappa shape index (κ1) is 17.6. The molecule has 0 aliphatic rings. The summed E-state index contributed by atoms with van der Waals surface area (Å²) in [7, 11) is 0. The number of carbonyl (C=O) groups is 1. The van der Waals surface area contributed by atoms with Gasteiger partial charge in [0.05, 0.1) is 17.3 Å². The summed E-state index contributed by atoms with van der Waals surface area (Å²) in [5, 5.41) is 15.1. The summed E-state index contributed by atoms with van der Waals surface area (Å²) >= 11 is 1.55. The monoisotopic (exact) mass is 332 g/mol. The van der Waals surface area contributed by atoms with Crippen molar-refractivity contribution >= 4 is 17.2 Å². The SMILES string of the molecule is CC(C)C(O)C(C)(C)CNC(=O)c1ccc(-c2cscn2)cc1. The van der Waals surface area contributed by atoms with E-state index in [0.29, 0.717) is 12.1 Å². The van der Waals surface area contributed by atoms with Crippen molar-refractivity contribution in [3.05, 3.63) is 40.7 Å². The number of aliphatic hydroxyl groups is 1. The summed E-state index contributed by atoms with van der Waals surface area (Å²) in [5.74, 6) is 0.0261. The minimum atomic E-state index is -0.463. The van der Waals surface area contributed by atoms with E-state index in [1.807, 2.05) is 45.2 Å². The second-order valence-corrected chi connectivity index (χ2v) is 7.53. The quantitative estimate of drug-likeness (QED) is 0.850. The number of hydrogen-bond donors (Lipinski definition) is 2. The Morgan fingerprint density at radius 2 is 1.96 bits per heavy atom. The first-order valence-electron chi connectivity index (χ1n) is 7.76. The second-order valence-electron chi connectivity index (χ2n) is 6.81. The number of benzene rings is 1. The summed E-state index contributed by atoms with van der Waals surface area (Å²) in [4.78, 5) is 16.5. The van der Waals surface area contributed by atoms with Crippen LogP contribution in [0, 0.1) is 11.3 Å². The molecule has 1 unspecified atom stereocenters. The van der Waals surface area contributed by atoms with E-state index in [1.54, 1.807) is 29.0 Å². The number of rotatable bonds is 6. The fraction of sp³-hybridized carbons (Fsp3) is 0.444. The van der Waals surface area contributed by atoms with E-state index in [4.69, 9.17) is 0 Å². The Labute approximate surface area is 141 Å². The van der Waals surface area contributed by atoms with Crippen molar-refractivity contribution in [1.82, 2.24) is 10.3 Å². The lowest BCUT2D eigenvalue weighted by atomic mass is 9.80. The molecule has 0 aliphatic carbocycles. The predicted octanol–water partition coefficient (Wildman–Crippen LogP) is 3.58. The third-order valence-corrected chi connectivity index (χ3v) is 4.60. The summed E-state index contributed by atoms with van der Waals surface area (Å²) < 4.78 is 0. The van der Waals surface area contributed by atoms with Crippen LogP contribution in [0.3, 0.4) is 0 Å². The van der Waals surface area contributed by atoms with Gasteiger partial charge < -0.3 is 10.4 Å². The van der Waals surface area contributed by atoms with E-state index in [2.05, 4.69) is 10.3 Å². The van der Waals surface area contributed by atoms with Gasteiger partial charge in [0.15, 0.2) is 0 Å². The molecule has 1 amide bonds. The number of amides is 1. The van der Waals surface area contributed by atoms with Crippen LogP contribution < -0.4 is 5.32 Å². The van der Waals surface area contributed by atoms with Crippen LogP contribution in [-0.2, 0) is 0 Å². The van der Waals surface area contributed by atoms with E-state index < -0.39 is 6.10 Å². The van der Waals surface area contributed by atoms with Crippen molar-refractivity contribution in [3.8, 4) is 11.3 Å². The molecule has 1 heterocycles. The highest BCUT2D eigenvalue weighted by Crippen LogP contribution is 2.25. The molecule has 2 rings (SSSR count). The van der Waals surface area contributed by atoms with E-state index in [9.17, 15) is 9.90 Å². The van der Waals surface area contributed by atoms with Crippen LogP contribution >= 0.6 is 11.3 Å². The lowest BCUT2D eigenvalue weighted by Crippen LogP contribution is -2.43. The van der Waals surface area contributed by atoms with Gasteiger partial charge >= 0.3 is 0 Å². The van der Waals surface area contributed by atoms with Gasteiger partial charge in [-0.15, -0.1) is 11.3 Å². The normalized spacial score (nSPS) is 13.1. The van der Waals surface area contributed by atoms with Crippen LogP contribution in [0.5, 0.6) is 0 Å². The van der Waals surface area contributed by atoms with Crippen molar-refractivity contribution in [3.63, 3.8) is 0 Å². The van der Waals surface area contributed by atoms with Gasteiger partial charge in [-0.1, -0.05) is 39.8 Å². The molecule has 0 spiro atoms. The number of carbonyl (C=O) groups excluding carboxylic acids is 1. The largest absolute Gasteiger partial charge is 0.392 e. The molecule has 0 radical (unpaired) electrons. The lowest BCUT2D eigenvalue weighted by molar-refractivity contribution is 0.0138. The van der Waals surface area contributed by atoms with Gasteiger partial charge in [0.25, 0.3) is 5.91 Å². The number of nitrogens with one attached hydrogen (secondary N) is 1. The van der Waals surface area contributed by atoms with E-state index in [0.717, 1.165) is 11.3 Å². The Morgan fingerprint density at radius 1 is 1.30 bits per heavy atom. The summed E-state index contributed by atoms with van der Waals surface area (Å²) in [6, 6.07) is 7.40. The summed E-state index contributed by atoms with van der Waals surface area (Å²) in [6.45, 7) is 8.31. The van der Waals surface area contributed by atoms with Gasteiger partial charge in [0.1, 0.15) is 0 Å². The fourth-order valence-electron chi connectivity index (χ4n) is 2.56. The Kier molecular flexibility index (Phi) is 5.55. The molecule has 2 N–H and O–H groups in total. The van der Waals surface area contributed by atoms with Gasteiger partial charge in [-0.3, -0.25) is 4.79 Å². The molecule has 0 saturated heterocycles. The smallest absolute Gasteiger partial charge is 0.251 e. The van der Waals surface area contributed by atoms with Gasteiger partial charge in [0, 0.05) is 28.5 Å². The Hall–Kier alpha value is -1.72. The van der Waals surface area contributed by atoms with Crippen molar-refractivity contribution in [2.24, 2.45) is 11.3 Å². The fourth-order valence-corrected chi connectivity index (χ4v) is 3.13. The van der Waals surface area contributed by atoms with Crippen LogP contribution in [0.4, 0.5) is 0 Å². The second kappa shape index (κ2) is 7.23. The molecule has 124 valence electrons. The molecule has 23 heavy (non-hydrogen) atoms. The molecule has 1 atom stereocenters. The zero-order valence-electron chi connectivity index (χ0n) is 14.0. The number of aromatic nitrogens is 1. The highest BCUT2D eigenvalue weighted by atomic mass is 32.1. The minimum absolute atomic E-state index is 0.126. The molecule has 4 nitrogen and oxygen atoms in total. The van der Waals surface area contributed by atoms with Crippen LogP contribution in [-0.4, -0.2) is 28.6 Å². The zero-order valence-corrected chi connectivity index (χ0v) is 14.9. The Morgan fingerprint density at radius 3 is 2.48 bits per heavy atom. The Bertz CT molecular complexity index is 634. The molecular weight excluding hydrogens is 308 g/mol. The molecule has 0 fully saturated rings. The highest BCUT2D eigenvalue weighted by Gasteiger charge is 2.30. The van der Waals surface area contributed by atoms with Gasteiger partial charge in [0.2, 0.25) is 0 Å². The summed E-state index contributed by atoms with van der Waals surface area (Å²) in [5.41, 5.74) is 3.95. The molecule has 1 aromatic carbocycles. The van der Waals surface area contributed by atoms with Crippen LogP contribution in [0.1, 0.15) is 38.1 Å². The molecule has 0 bridgehead atoms. The first-order valence-corrected chi connectivity index (χ1v) is 8.70. The molecule has 5 heteroatoms. The predicted molar refractivity (Wildman–Crippen MR) is 94.5 cm³/mol. The molecule has 0 aliphatic heterocycles. The molecule has 1 aromatic heterocycles. The number of thiazole rings is 1. The highest BCUT2D eigenvalue weighted by molar-refractivity contribution is 7.07. The number of hydrogen-bond acceptors (Lipinski definition) is 4. The zero-order chi connectivity index (χ0) is 17.0. The molecule has 0 saturated carbocycles. The van der Waals surface area contributed by atoms with Gasteiger partial charge in [-0.2, -0.15) is 0 Å². The standard InChI is InChI=1S/C18H24N2O2S/c1-12(2)16(21)18(3,4)10-19-17(22)14-7-5-13(6-8-14)15-9-23-11-20-15/h5-9,11-12,16,21H,10H2,1-4H3,(H,19,22). The van der Waals surface area contributed by atoms with Crippen LogP contribution in [0.2, 0.25) is 0 Å². The van der Waals surface area contributed by atoms with Crippen LogP contribution in [0.15, 0.2) is 35.2 Å². The minimum Gasteiger partial charge on any atom is -0.392 e. The third kappa shape index (κ3) is 4.39. The number of nitrogens with zero attached hydrogens (tertiary/aromatic N) is 1. The van der Waals surface area contributed by atoms with Crippen LogP contribution in [0.25, 0.3) is 11.3 Å². The van der Waals surface area contributed by atoms with Crippen molar-refractivity contribution in [2.75, 3.05) is 6.54 Å². The van der Waals surface area contributed by atoms with E-state index in [-0.39, 0.29) is 17.2 Å². The van der Waals surface area contributed by atoms with Gasteiger partial charge in [-0.05, 0) is 18.1 Å². The van der Waals surface area contributed by atoms with Crippen molar-refractivity contribution in [2.45, 2.75) is 33.8 Å². The topological polar surface area (TPSA) is 62.2 Å². The third-order valence-electron chi connectivity index (χ3n) is 4.01. The maximum absolute atomic E-state index is 12.3. The maximum Gasteiger partial charge on any atom is 0.251 e. The molecule has 2 aromatic rings. The van der Waals surface area contributed by atoms with E-state index >= 15 is 0 Å². The average molecular weight is 332 g/mol.